The Bertz CT molecular complexity index is 1130. The first-order valence-electron chi connectivity index (χ1n) is 10.4. The van der Waals surface area contributed by atoms with Crippen LogP contribution in [0.4, 0.5) is 0 Å². The van der Waals surface area contributed by atoms with Gasteiger partial charge >= 0.3 is 5.97 Å². The van der Waals surface area contributed by atoms with Crippen LogP contribution in [0.5, 0.6) is 0 Å². The van der Waals surface area contributed by atoms with Crippen molar-refractivity contribution in [1.29, 1.82) is 0 Å². The van der Waals surface area contributed by atoms with E-state index in [1.54, 1.807) is 24.3 Å². The molecule has 0 bridgehead atoms. The van der Waals surface area contributed by atoms with E-state index in [4.69, 9.17) is 33.7 Å². The van der Waals surface area contributed by atoms with Crippen molar-refractivity contribution >= 4 is 41.0 Å². The Morgan fingerprint density at radius 1 is 0.882 bits per heavy atom. The third kappa shape index (κ3) is 6.81. The Kier molecular flexibility index (Phi) is 9.04. The van der Waals surface area contributed by atoms with Gasteiger partial charge in [0.1, 0.15) is 12.6 Å². The lowest BCUT2D eigenvalue weighted by Gasteiger charge is -2.19. The van der Waals surface area contributed by atoms with E-state index in [0.717, 1.165) is 16.7 Å². The van der Waals surface area contributed by atoms with Crippen LogP contribution in [-0.2, 0) is 20.9 Å². The highest BCUT2D eigenvalue weighted by atomic mass is 35.5. The number of ether oxygens (including phenoxy) is 1. The molecule has 9 heteroatoms. The third-order valence-corrected chi connectivity index (χ3v) is 5.47. The highest BCUT2D eigenvalue weighted by Crippen LogP contribution is 2.31. The van der Waals surface area contributed by atoms with Crippen LogP contribution in [0, 0.1) is 0 Å². The number of hydrogen-bond donors (Lipinski definition) is 3. The minimum absolute atomic E-state index is 0.00413. The molecule has 0 fully saturated rings. The summed E-state index contributed by atoms with van der Waals surface area (Å²) in [6, 6.07) is 20.5. The van der Waals surface area contributed by atoms with Gasteiger partial charge in [-0.15, -0.1) is 0 Å². The van der Waals surface area contributed by atoms with Crippen LogP contribution in [0.15, 0.2) is 72.8 Å². The van der Waals surface area contributed by atoms with Gasteiger partial charge in [0.2, 0.25) is 5.91 Å². The van der Waals surface area contributed by atoms with Crippen LogP contribution in [0.3, 0.4) is 0 Å². The molecule has 2 amide bonds. The number of benzene rings is 3. The van der Waals surface area contributed by atoms with Gasteiger partial charge in [-0.25, -0.2) is 4.79 Å². The molecule has 1 atom stereocenters. The number of rotatable bonds is 9. The summed E-state index contributed by atoms with van der Waals surface area (Å²) in [4.78, 5) is 37.3. The fourth-order valence-electron chi connectivity index (χ4n) is 3.13. The normalized spacial score (nSPS) is 11.4. The largest absolute Gasteiger partial charge is 0.459 e. The van der Waals surface area contributed by atoms with Gasteiger partial charge in [-0.2, -0.15) is 0 Å². The fraction of sp³-hybridized carbons (Fsp3) is 0.160. The first-order chi connectivity index (χ1) is 16.4. The summed E-state index contributed by atoms with van der Waals surface area (Å²) in [6.45, 7) is -0.477. The molecule has 3 rings (SSSR count). The Hall–Kier alpha value is -3.39. The highest BCUT2D eigenvalue weighted by Gasteiger charge is 2.26. The van der Waals surface area contributed by atoms with Gasteiger partial charge in [0.05, 0.1) is 22.2 Å². The maximum absolute atomic E-state index is 13.0. The molecular formula is C25H23Cl2N3O4. The number of carbonyl (C=O) groups is 3. The molecular weight excluding hydrogens is 477 g/mol. The smallest absolute Gasteiger partial charge is 0.330 e. The number of hydrogen-bond acceptors (Lipinski definition) is 5. The van der Waals surface area contributed by atoms with Crippen LogP contribution in [-0.4, -0.2) is 36.9 Å². The average molecular weight is 500 g/mol. The molecule has 0 heterocycles. The molecule has 7 nitrogen and oxygen atoms in total. The minimum Gasteiger partial charge on any atom is -0.459 e. The van der Waals surface area contributed by atoms with Gasteiger partial charge in [-0.05, 0) is 28.8 Å². The van der Waals surface area contributed by atoms with Gasteiger partial charge in [0.15, 0.2) is 0 Å². The van der Waals surface area contributed by atoms with Crippen LogP contribution < -0.4 is 16.4 Å². The maximum Gasteiger partial charge on any atom is 0.330 e. The number of nitrogens with one attached hydrogen (secondary N) is 2. The van der Waals surface area contributed by atoms with Crippen LogP contribution in [0.2, 0.25) is 10.0 Å². The van der Waals surface area contributed by atoms with E-state index in [-0.39, 0.29) is 35.3 Å². The van der Waals surface area contributed by atoms with Crippen molar-refractivity contribution in [3.8, 4) is 11.1 Å². The Morgan fingerprint density at radius 3 is 2.06 bits per heavy atom. The van der Waals surface area contributed by atoms with Crippen molar-refractivity contribution in [2.45, 2.75) is 12.6 Å². The van der Waals surface area contributed by atoms with Crippen molar-refractivity contribution in [3.63, 3.8) is 0 Å². The lowest BCUT2D eigenvalue weighted by Crippen LogP contribution is -2.50. The highest BCUT2D eigenvalue weighted by molar-refractivity contribution is 6.40. The second-order valence-corrected chi connectivity index (χ2v) is 8.12. The van der Waals surface area contributed by atoms with E-state index in [0.29, 0.717) is 0 Å². The second kappa shape index (κ2) is 12.2. The fourth-order valence-corrected chi connectivity index (χ4v) is 3.79. The molecule has 0 aliphatic carbocycles. The summed E-state index contributed by atoms with van der Waals surface area (Å²) >= 11 is 12.8. The zero-order valence-electron chi connectivity index (χ0n) is 18.1. The molecule has 4 N–H and O–H groups in total. The molecule has 3 aromatic rings. The van der Waals surface area contributed by atoms with Gasteiger partial charge in [-0.3, -0.25) is 9.59 Å². The molecule has 0 unspecified atom stereocenters. The molecule has 0 saturated carbocycles. The molecule has 0 saturated heterocycles. The van der Waals surface area contributed by atoms with Crippen molar-refractivity contribution in [2.75, 3.05) is 13.1 Å². The minimum atomic E-state index is -1.19. The molecule has 34 heavy (non-hydrogen) atoms. The Morgan fingerprint density at radius 2 is 1.47 bits per heavy atom. The van der Waals surface area contributed by atoms with Crippen molar-refractivity contribution < 1.29 is 19.1 Å². The van der Waals surface area contributed by atoms with Gasteiger partial charge in [0, 0.05) is 6.54 Å². The first kappa shape index (κ1) is 25.2. The summed E-state index contributed by atoms with van der Waals surface area (Å²) < 4.78 is 5.33. The third-order valence-electron chi connectivity index (χ3n) is 4.88. The maximum atomic E-state index is 13.0. The van der Waals surface area contributed by atoms with E-state index in [2.05, 4.69) is 10.6 Å². The molecule has 0 radical (unpaired) electrons. The number of amides is 2. The molecule has 0 spiro atoms. The number of carbonyl (C=O) groups excluding carboxylic acids is 3. The average Bonchev–Trinajstić information content (AvgIpc) is 2.85. The Labute approximate surface area is 207 Å². The van der Waals surface area contributed by atoms with E-state index in [1.807, 2.05) is 48.5 Å². The predicted octanol–water partition coefficient (Wildman–Crippen LogP) is 3.58. The quantitative estimate of drug-likeness (QED) is 0.389. The summed E-state index contributed by atoms with van der Waals surface area (Å²) in [7, 11) is 0. The van der Waals surface area contributed by atoms with E-state index in [1.165, 1.54) is 0 Å². The zero-order valence-corrected chi connectivity index (χ0v) is 19.6. The van der Waals surface area contributed by atoms with E-state index in [9.17, 15) is 14.4 Å². The molecule has 3 aromatic carbocycles. The van der Waals surface area contributed by atoms with Gasteiger partial charge < -0.3 is 21.1 Å². The number of halogens is 2. The standard InChI is InChI=1S/C25H23Cl2N3O4/c26-19-11-18(17-9-5-2-6-10-17)12-20(27)23(19)24(32)30-21(14-29-22(31)13-28)25(33)34-15-16-7-3-1-4-8-16/h1-12,21H,13-15,28H2,(H,29,31)(H,30,32)/t21-/m0/s1. The monoisotopic (exact) mass is 499 g/mol. The predicted molar refractivity (Wildman–Crippen MR) is 131 cm³/mol. The van der Waals surface area contributed by atoms with Crippen molar-refractivity contribution in [2.24, 2.45) is 5.73 Å². The summed E-state index contributed by atoms with van der Waals surface area (Å²) in [5.41, 5.74) is 7.71. The van der Waals surface area contributed by atoms with E-state index < -0.39 is 23.8 Å². The number of esters is 1. The van der Waals surface area contributed by atoms with Crippen molar-refractivity contribution in [3.05, 3.63) is 94.0 Å². The SMILES string of the molecule is NCC(=O)NC[C@H](NC(=O)c1c(Cl)cc(-c2ccccc2)cc1Cl)C(=O)OCc1ccccc1. The molecule has 0 aromatic heterocycles. The summed E-state index contributed by atoms with van der Waals surface area (Å²) in [5, 5.41) is 5.27. The lowest BCUT2D eigenvalue weighted by molar-refractivity contribution is -0.147. The summed E-state index contributed by atoms with van der Waals surface area (Å²) in [6.07, 6.45) is 0. The molecule has 0 aliphatic rings. The molecule has 176 valence electrons. The van der Waals surface area contributed by atoms with Gasteiger partial charge in [0.25, 0.3) is 5.91 Å². The number of nitrogens with two attached hydrogens (primary N) is 1. The summed E-state index contributed by atoms with van der Waals surface area (Å²) in [5.74, 6) is -1.90. The van der Waals surface area contributed by atoms with Crippen LogP contribution >= 0.6 is 23.2 Å². The zero-order chi connectivity index (χ0) is 24.5. The molecule has 0 aliphatic heterocycles. The van der Waals surface area contributed by atoms with Crippen molar-refractivity contribution in [1.82, 2.24) is 10.6 Å². The van der Waals surface area contributed by atoms with Crippen LogP contribution in [0.25, 0.3) is 11.1 Å². The first-order valence-corrected chi connectivity index (χ1v) is 11.2. The lowest BCUT2D eigenvalue weighted by atomic mass is 10.0. The Balaban J connectivity index is 1.77. The van der Waals surface area contributed by atoms with E-state index >= 15 is 0 Å². The van der Waals surface area contributed by atoms with Gasteiger partial charge in [-0.1, -0.05) is 83.9 Å². The topological polar surface area (TPSA) is 111 Å². The second-order valence-electron chi connectivity index (χ2n) is 7.31. The van der Waals surface area contributed by atoms with Crippen LogP contribution in [0.1, 0.15) is 15.9 Å².